The smallest absolute Gasteiger partial charge is 0.233 e. The van der Waals surface area contributed by atoms with E-state index in [-0.39, 0.29) is 11.3 Å². The molecular weight excluding hydrogens is 460 g/mol. The molecule has 9 heteroatoms. The SMILES string of the molecule is CN=C/C(C(=O)c1ccc(-n2ccc(OCCS(C)(C)C)n2)nc1N1CC(C)CC1(C)C)=C(/C)N. The number of ether oxygens (including phenoxy) is 1. The predicted molar refractivity (Wildman–Crippen MR) is 148 cm³/mol. The Morgan fingerprint density at radius 3 is 2.60 bits per heavy atom. The summed E-state index contributed by atoms with van der Waals surface area (Å²) in [6.45, 7) is 9.76. The van der Waals surface area contributed by atoms with Gasteiger partial charge in [0.15, 0.2) is 11.6 Å². The molecule has 2 aromatic rings. The highest BCUT2D eigenvalue weighted by molar-refractivity contribution is 8.32. The quantitative estimate of drug-likeness (QED) is 0.316. The zero-order chi connectivity index (χ0) is 26.0. The molecule has 0 aromatic carbocycles. The van der Waals surface area contributed by atoms with E-state index >= 15 is 0 Å². The summed E-state index contributed by atoms with van der Waals surface area (Å²) in [6, 6.07) is 5.47. The van der Waals surface area contributed by atoms with Gasteiger partial charge < -0.3 is 15.4 Å². The minimum absolute atomic E-state index is 0.145. The molecule has 0 bridgehead atoms. The second kappa shape index (κ2) is 10.4. The Morgan fingerprint density at radius 2 is 2.03 bits per heavy atom. The number of pyridine rings is 1. The van der Waals surface area contributed by atoms with Crippen LogP contribution in [-0.2, 0) is 0 Å². The van der Waals surface area contributed by atoms with E-state index in [1.165, 1.54) is 6.21 Å². The van der Waals surface area contributed by atoms with Crippen molar-refractivity contribution in [2.24, 2.45) is 16.6 Å². The van der Waals surface area contributed by atoms with Crippen LogP contribution in [0.5, 0.6) is 5.88 Å². The Kier molecular flexibility index (Phi) is 7.99. The van der Waals surface area contributed by atoms with E-state index in [1.54, 1.807) is 18.7 Å². The van der Waals surface area contributed by atoms with Crippen molar-refractivity contribution in [2.75, 3.05) is 49.6 Å². The van der Waals surface area contributed by atoms with Crippen molar-refractivity contribution in [1.82, 2.24) is 14.8 Å². The van der Waals surface area contributed by atoms with E-state index in [4.69, 9.17) is 15.5 Å². The number of nitrogens with zero attached hydrogens (tertiary/aromatic N) is 5. The first-order valence-electron chi connectivity index (χ1n) is 11.9. The van der Waals surface area contributed by atoms with Crippen LogP contribution in [0.4, 0.5) is 5.82 Å². The number of Topliss-reactive ketones (excluding diaryl/α,β-unsaturated/α-hetero) is 1. The molecule has 1 fully saturated rings. The number of nitrogens with two attached hydrogens (primary N) is 1. The molecule has 0 saturated carbocycles. The summed E-state index contributed by atoms with van der Waals surface area (Å²) in [4.78, 5) is 24.8. The molecule has 1 unspecified atom stereocenters. The van der Waals surface area contributed by atoms with Gasteiger partial charge in [-0.3, -0.25) is 9.79 Å². The minimum Gasteiger partial charge on any atom is -0.476 e. The Labute approximate surface area is 211 Å². The van der Waals surface area contributed by atoms with Crippen LogP contribution in [0.25, 0.3) is 5.82 Å². The second-order valence-corrected chi connectivity index (χ2v) is 15.4. The topological polar surface area (TPSA) is 98.6 Å². The molecule has 3 heterocycles. The first-order chi connectivity index (χ1) is 16.3. The molecule has 2 aromatic heterocycles. The lowest BCUT2D eigenvalue weighted by Crippen LogP contribution is -2.40. The van der Waals surface area contributed by atoms with Crippen molar-refractivity contribution in [3.63, 3.8) is 0 Å². The molecule has 1 atom stereocenters. The van der Waals surface area contributed by atoms with Gasteiger partial charge in [0.05, 0.1) is 17.7 Å². The summed E-state index contributed by atoms with van der Waals surface area (Å²) < 4.78 is 7.57. The maximum Gasteiger partial charge on any atom is 0.233 e. The number of allylic oxidation sites excluding steroid dienone is 2. The number of aromatic nitrogens is 3. The molecule has 0 radical (unpaired) electrons. The zero-order valence-electron chi connectivity index (χ0n) is 22.3. The Bertz CT molecular complexity index is 1130. The molecule has 1 saturated heterocycles. The summed E-state index contributed by atoms with van der Waals surface area (Å²) in [5.74, 6) is 3.14. The van der Waals surface area contributed by atoms with Gasteiger partial charge in [-0.2, -0.15) is 0 Å². The molecule has 8 nitrogen and oxygen atoms in total. The number of aliphatic imine (C=N–C) groups is 1. The Morgan fingerprint density at radius 1 is 1.31 bits per heavy atom. The van der Waals surface area contributed by atoms with Crippen LogP contribution >= 0.6 is 10.0 Å². The van der Waals surface area contributed by atoms with Gasteiger partial charge in [-0.05, 0) is 64.0 Å². The van der Waals surface area contributed by atoms with E-state index in [9.17, 15) is 4.79 Å². The van der Waals surface area contributed by atoms with Gasteiger partial charge >= 0.3 is 0 Å². The van der Waals surface area contributed by atoms with Crippen LogP contribution in [0.15, 0.2) is 40.7 Å². The van der Waals surface area contributed by atoms with Crippen LogP contribution in [0.1, 0.15) is 44.5 Å². The predicted octanol–water partition coefficient (Wildman–Crippen LogP) is 4.08. The third-order valence-electron chi connectivity index (χ3n) is 6.11. The number of carbonyl (C=O) groups is 1. The van der Waals surface area contributed by atoms with E-state index in [2.05, 4.69) is 54.5 Å². The number of anilines is 1. The van der Waals surface area contributed by atoms with Crippen LogP contribution in [0.3, 0.4) is 0 Å². The summed E-state index contributed by atoms with van der Waals surface area (Å²) in [5.41, 5.74) is 7.20. The summed E-state index contributed by atoms with van der Waals surface area (Å²) in [5, 5.41) is 4.57. The average molecular weight is 501 g/mol. The van der Waals surface area contributed by atoms with Crippen LogP contribution < -0.4 is 15.4 Å². The number of hydrogen-bond acceptors (Lipinski definition) is 7. The van der Waals surface area contributed by atoms with Gasteiger partial charge in [0.25, 0.3) is 0 Å². The highest BCUT2D eigenvalue weighted by Crippen LogP contribution is 2.38. The van der Waals surface area contributed by atoms with Crippen molar-refractivity contribution in [1.29, 1.82) is 0 Å². The molecule has 1 aliphatic heterocycles. The van der Waals surface area contributed by atoms with Crippen molar-refractivity contribution < 1.29 is 9.53 Å². The van der Waals surface area contributed by atoms with Crippen LogP contribution in [0.2, 0.25) is 0 Å². The van der Waals surface area contributed by atoms with E-state index in [0.29, 0.717) is 46.9 Å². The summed E-state index contributed by atoms with van der Waals surface area (Å²) in [6.07, 6.45) is 11.2. The normalized spacial score (nSPS) is 19.2. The molecule has 2 N–H and O–H groups in total. The third-order valence-corrected chi connectivity index (χ3v) is 7.50. The fraction of sp³-hybridized carbons (Fsp3) is 0.538. The van der Waals surface area contributed by atoms with Crippen LogP contribution in [-0.4, -0.2) is 77.0 Å². The molecule has 0 aliphatic carbocycles. The fourth-order valence-corrected chi connectivity index (χ4v) is 5.01. The molecule has 0 amide bonds. The molecule has 35 heavy (non-hydrogen) atoms. The van der Waals surface area contributed by atoms with E-state index in [1.807, 2.05) is 24.4 Å². The third kappa shape index (κ3) is 6.45. The maximum absolute atomic E-state index is 13.6. The molecule has 1 aliphatic rings. The van der Waals surface area contributed by atoms with Gasteiger partial charge in [-0.25, -0.2) is 19.7 Å². The van der Waals surface area contributed by atoms with Crippen molar-refractivity contribution in [2.45, 2.75) is 39.7 Å². The average Bonchev–Trinajstić information content (AvgIpc) is 3.33. The monoisotopic (exact) mass is 500 g/mol. The lowest BCUT2D eigenvalue weighted by molar-refractivity contribution is 0.104. The second-order valence-electron chi connectivity index (χ2n) is 10.8. The van der Waals surface area contributed by atoms with Gasteiger partial charge in [-0.15, -0.1) is 5.10 Å². The molecule has 3 rings (SSSR count). The van der Waals surface area contributed by atoms with E-state index in [0.717, 1.165) is 18.7 Å². The number of rotatable bonds is 9. The lowest BCUT2D eigenvalue weighted by atomic mass is 9.96. The van der Waals surface area contributed by atoms with Crippen LogP contribution in [0, 0.1) is 5.92 Å². The standard InChI is InChI=1S/C26H40N6O2S/c1-18-15-26(3,4)31(17-18)25-20(24(33)21(16-28-5)19(2)27)9-10-22(29-25)32-12-11-23(30-32)34-13-14-35(6,7)8/h9-12,16,18H,13-15,17,27H2,1-8H3/b21-19+,28-16?. The molecule has 192 valence electrons. The summed E-state index contributed by atoms with van der Waals surface area (Å²) in [7, 11) is 0.997. The highest BCUT2D eigenvalue weighted by atomic mass is 32.3. The number of hydrogen-bond donors (Lipinski definition) is 1. The van der Waals surface area contributed by atoms with Crippen molar-refractivity contribution in [3.8, 4) is 11.7 Å². The number of carbonyl (C=O) groups excluding carboxylic acids is 1. The summed E-state index contributed by atoms with van der Waals surface area (Å²) >= 11 is 0. The van der Waals surface area contributed by atoms with Crippen molar-refractivity contribution >= 4 is 27.8 Å². The van der Waals surface area contributed by atoms with E-state index < -0.39 is 10.0 Å². The molecule has 0 spiro atoms. The molecular formula is C26H40N6O2S. The van der Waals surface area contributed by atoms with Gasteiger partial charge in [-0.1, -0.05) is 6.92 Å². The number of ketones is 1. The van der Waals surface area contributed by atoms with Gasteiger partial charge in [0.1, 0.15) is 5.82 Å². The maximum atomic E-state index is 13.6. The van der Waals surface area contributed by atoms with Gasteiger partial charge in [0, 0.05) is 49.1 Å². The lowest BCUT2D eigenvalue weighted by Gasteiger charge is -2.34. The van der Waals surface area contributed by atoms with Gasteiger partial charge in [0.2, 0.25) is 5.88 Å². The minimum atomic E-state index is -0.632. The first-order valence-corrected chi connectivity index (χ1v) is 14.9. The highest BCUT2D eigenvalue weighted by Gasteiger charge is 2.39. The Balaban J connectivity index is 2.01. The fourth-order valence-electron chi connectivity index (χ4n) is 4.43. The Hall–Kier alpha value is -2.81. The first kappa shape index (κ1) is 26.8. The van der Waals surface area contributed by atoms with Crippen molar-refractivity contribution in [3.05, 3.63) is 41.2 Å². The zero-order valence-corrected chi connectivity index (χ0v) is 23.1. The largest absolute Gasteiger partial charge is 0.476 e.